The molecule has 2 N–H and O–H groups in total. The molecule has 0 radical (unpaired) electrons. The first-order chi connectivity index (χ1) is 24.0. The summed E-state index contributed by atoms with van der Waals surface area (Å²) in [7, 11) is 0. The van der Waals surface area contributed by atoms with Gasteiger partial charge in [-0.1, -0.05) is 66.7 Å². The Hall–Kier alpha value is -4.77. The van der Waals surface area contributed by atoms with Gasteiger partial charge in [-0.25, -0.2) is 4.98 Å². The zero-order valence-corrected chi connectivity index (χ0v) is 27.6. The predicted octanol–water partition coefficient (Wildman–Crippen LogP) is 5.83. The second-order valence-corrected chi connectivity index (χ2v) is 13.8. The highest BCUT2D eigenvalue weighted by atomic mass is 19.4. The number of carbonyl (C=O) groups excluding carboxylic acids is 2. The van der Waals surface area contributed by atoms with Crippen molar-refractivity contribution in [3.63, 3.8) is 0 Å². The molecule has 1 aromatic heterocycles. The first-order valence-electron chi connectivity index (χ1n) is 17.2. The highest BCUT2D eigenvalue weighted by Crippen LogP contribution is 2.52. The Morgan fingerprint density at radius 3 is 2.40 bits per heavy atom. The molecular formula is C39H39F3N4O4. The van der Waals surface area contributed by atoms with Crippen molar-refractivity contribution in [1.82, 2.24) is 19.8 Å². The third kappa shape index (κ3) is 6.83. The molecule has 8 nitrogen and oxygen atoms in total. The van der Waals surface area contributed by atoms with E-state index in [4.69, 9.17) is 4.98 Å². The van der Waals surface area contributed by atoms with E-state index in [0.717, 1.165) is 55.0 Å². The summed E-state index contributed by atoms with van der Waals surface area (Å²) in [5.41, 5.74) is 2.38. The number of aliphatic hydroxyl groups excluding tert-OH is 1. The van der Waals surface area contributed by atoms with Gasteiger partial charge in [-0.15, -0.1) is 0 Å². The van der Waals surface area contributed by atoms with Crippen LogP contribution in [0.5, 0.6) is 0 Å². The van der Waals surface area contributed by atoms with Gasteiger partial charge in [0.15, 0.2) is 6.10 Å². The quantitative estimate of drug-likeness (QED) is 0.255. The van der Waals surface area contributed by atoms with Crippen LogP contribution >= 0.6 is 0 Å². The monoisotopic (exact) mass is 684 g/mol. The minimum Gasteiger partial charge on any atom is -0.378 e. The van der Waals surface area contributed by atoms with Crippen LogP contribution in [-0.4, -0.2) is 56.3 Å². The lowest BCUT2D eigenvalue weighted by molar-refractivity contribution is -0.142. The van der Waals surface area contributed by atoms with Crippen LogP contribution in [0, 0.1) is 0 Å². The number of hydrogen-bond acceptors (Lipinski definition) is 5. The molecule has 0 unspecified atom stereocenters. The lowest BCUT2D eigenvalue weighted by atomic mass is 9.85. The number of hydrogen-bond donors (Lipinski definition) is 2. The second kappa shape index (κ2) is 13.5. The second-order valence-electron chi connectivity index (χ2n) is 13.8. The fraction of sp³-hybridized carbons (Fsp3) is 0.385. The van der Waals surface area contributed by atoms with Crippen LogP contribution in [0.4, 0.5) is 13.2 Å². The molecule has 2 amide bonds. The Morgan fingerprint density at radius 1 is 0.940 bits per heavy atom. The van der Waals surface area contributed by atoms with E-state index in [-0.39, 0.29) is 30.1 Å². The minimum absolute atomic E-state index is 0.0954. The summed E-state index contributed by atoms with van der Waals surface area (Å²) in [6.45, 7) is 1.55. The van der Waals surface area contributed by atoms with Crippen LogP contribution in [0.2, 0.25) is 0 Å². The Balaban J connectivity index is 1.05. The normalized spacial score (nSPS) is 18.2. The Morgan fingerprint density at radius 2 is 1.68 bits per heavy atom. The van der Waals surface area contributed by atoms with Gasteiger partial charge in [0, 0.05) is 19.6 Å². The molecule has 260 valence electrons. The molecule has 1 saturated carbocycles. The number of piperidine rings is 1. The summed E-state index contributed by atoms with van der Waals surface area (Å²) in [6, 6.07) is 22.4. The number of aromatic amines is 1. The van der Waals surface area contributed by atoms with E-state index < -0.39 is 29.2 Å². The number of aliphatic hydroxyl groups is 1. The van der Waals surface area contributed by atoms with E-state index in [2.05, 4.69) is 29.2 Å². The van der Waals surface area contributed by atoms with Gasteiger partial charge in [-0.05, 0) is 78.8 Å². The molecule has 7 rings (SSSR count). The molecule has 0 bridgehead atoms. The standard InChI is InChI=1S/C39H39F3N4O4/c40-39(41,42)30-12-5-10-28(23-30)34(48)36(50)46-18-6-13-32-31(24-46)35(49)44-37(43-32)38(16-17-38)29-11-4-9-27(22-29)26-14-19-45(20-15-26)33(47)21-25-7-2-1-3-8-25/h1-5,7-12,22-23,26,34,48H,6,13-21,24H2,(H,43,44,49)/t34-/m1/s1. The van der Waals surface area contributed by atoms with Crippen molar-refractivity contribution in [3.8, 4) is 0 Å². The van der Waals surface area contributed by atoms with Crippen LogP contribution in [0.15, 0.2) is 83.7 Å². The Labute approximate surface area is 288 Å². The number of nitrogens with one attached hydrogen (secondary N) is 1. The van der Waals surface area contributed by atoms with E-state index in [1.165, 1.54) is 16.5 Å². The molecule has 1 atom stereocenters. The summed E-state index contributed by atoms with van der Waals surface area (Å²) < 4.78 is 39.7. The zero-order valence-electron chi connectivity index (χ0n) is 27.6. The third-order valence-corrected chi connectivity index (χ3v) is 10.5. The first-order valence-corrected chi connectivity index (χ1v) is 17.2. The van der Waals surface area contributed by atoms with Gasteiger partial charge in [0.05, 0.1) is 35.2 Å². The number of halogens is 3. The van der Waals surface area contributed by atoms with Crippen LogP contribution < -0.4 is 5.56 Å². The van der Waals surface area contributed by atoms with Gasteiger partial charge in [0.25, 0.3) is 11.5 Å². The number of alkyl halides is 3. The van der Waals surface area contributed by atoms with Crippen molar-refractivity contribution in [2.75, 3.05) is 19.6 Å². The lowest BCUT2D eigenvalue weighted by Gasteiger charge is -2.32. The smallest absolute Gasteiger partial charge is 0.378 e. The maximum absolute atomic E-state index is 13.6. The SMILES string of the molecule is O=C(Cc1ccccc1)N1CCC(c2cccc(C3(c4nc5c(c(=O)[nH]4)CN(C(=O)[C@H](O)c4cccc(C(F)(F)F)c4)CCC5)CC3)c2)CC1. The summed E-state index contributed by atoms with van der Waals surface area (Å²) >= 11 is 0. The lowest BCUT2D eigenvalue weighted by Crippen LogP contribution is -2.38. The van der Waals surface area contributed by atoms with Gasteiger partial charge in [-0.2, -0.15) is 13.2 Å². The van der Waals surface area contributed by atoms with Gasteiger partial charge in [0.2, 0.25) is 5.91 Å². The number of amides is 2. The highest BCUT2D eigenvalue weighted by molar-refractivity contribution is 5.82. The van der Waals surface area contributed by atoms with Gasteiger partial charge in [-0.3, -0.25) is 14.4 Å². The molecule has 1 aliphatic carbocycles. The van der Waals surface area contributed by atoms with Gasteiger partial charge < -0.3 is 19.9 Å². The molecular weight excluding hydrogens is 645 g/mol. The average Bonchev–Trinajstić information content (AvgIpc) is 3.96. The van der Waals surface area contributed by atoms with Crippen molar-refractivity contribution in [2.45, 2.75) is 75.1 Å². The van der Waals surface area contributed by atoms with E-state index in [1.54, 1.807) is 0 Å². The summed E-state index contributed by atoms with van der Waals surface area (Å²) in [4.78, 5) is 51.0. The highest BCUT2D eigenvalue weighted by Gasteiger charge is 2.49. The van der Waals surface area contributed by atoms with E-state index >= 15 is 0 Å². The number of benzene rings is 3. The molecule has 4 aromatic rings. The van der Waals surface area contributed by atoms with Gasteiger partial charge in [0.1, 0.15) is 5.82 Å². The molecule has 2 aliphatic heterocycles. The maximum Gasteiger partial charge on any atom is 0.416 e. The zero-order chi connectivity index (χ0) is 35.0. The van der Waals surface area contributed by atoms with Crippen molar-refractivity contribution >= 4 is 11.8 Å². The summed E-state index contributed by atoms with van der Waals surface area (Å²) in [5.74, 6) is 0.310. The molecule has 0 spiro atoms. The number of rotatable bonds is 7. The van der Waals surface area contributed by atoms with E-state index in [9.17, 15) is 32.7 Å². The molecule has 11 heteroatoms. The average molecular weight is 685 g/mol. The number of aryl methyl sites for hydroxylation is 1. The maximum atomic E-state index is 13.6. The van der Waals surface area contributed by atoms with Crippen molar-refractivity contribution in [1.29, 1.82) is 0 Å². The first kappa shape index (κ1) is 33.7. The number of fused-ring (bicyclic) bond motifs is 1. The molecule has 2 fully saturated rings. The van der Waals surface area contributed by atoms with Crippen LogP contribution in [0.3, 0.4) is 0 Å². The van der Waals surface area contributed by atoms with Crippen LogP contribution in [0.1, 0.15) is 89.0 Å². The predicted molar refractivity (Wildman–Crippen MR) is 180 cm³/mol. The Kier molecular flexibility index (Phi) is 9.11. The van der Waals surface area contributed by atoms with E-state index in [0.29, 0.717) is 55.4 Å². The van der Waals surface area contributed by atoms with Crippen LogP contribution in [-0.2, 0) is 40.6 Å². The largest absolute Gasteiger partial charge is 0.416 e. The molecule has 3 aliphatic rings. The van der Waals surface area contributed by atoms with Gasteiger partial charge >= 0.3 is 6.18 Å². The van der Waals surface area contributed by atoms with Crippen LogP contribution in [0.25, 0.3) is 0 Å². The molecule has 3 heterocycles. The van der Waals surface area contributed by atoms with Crippen molar-refractivity contribution in [3.05, 3.63) is 134 Å². The minimum atomic E-state index is -4.61. The number of carbonyl (C=O) groups is 2. The molecule has 50 heavy (non-hydrogen) atoms. The van der Waals surface area contributed by atoms with Crippen molar-refractivity contribution < 1.29 is 27.9 Å². The number of likely N-dealkylation sites (tertiary alicyclic amines) is 1. The fourth-order valence-electron chi connectivity index (χ4n) is 7.46. The number of H-pyrrole nitrogens is 1. The Bertz CT molecular complexity index is 1950. The molecule has 3 aromatic carbocycles. The summed E-state index contributed by atoms with van der Waals surface area (Å²) in [5, 5.41) is 10.8. The van der Waals surface area contributed by atoms with Crippen molar-refractivity contribution in [2.24, 2.45) is 0 Å². The third-order valence-electron chi connectivity index (χ3n) is 10.5. The topological polar surface area (TPSA) is 107 Å². The number of nitrogens with zero attached hydrogens (tertiary/aromatic N) is 3. The molecule has 1 saturated heterocycles. The summed E-state index contributed by atoms with van der Waals surface area (Å²) in [6.07, 6.45) is -1.64. The fourth-order valence-corrected chi connectivity index (χ4v) is 7.46. The van der Waals surface area contributed by atoms with E-state index in [1.807, 2.05) is 35.2 Å². The number of aromatic nitrogens is 2.